The van der Waals surface area contributed by atoms with Crippen LogP contribution in [0, 0.1) is 34.5 Å². The highest BCUT2D eigenvalue weighted by Crippen LogP contribution is 2.66. The summed E-state index contributed by atoms with van der Waals surface area (Å²) in [6, 6.07) is 0. The fourth-order valence-corrected chi connectivity index (χ4v) is 7.23. The zero-order chi connectivity index (χ0) is 14.0. The normalized spacial score (nSPS) is 58.6. The van der Waals surface area contributed by atoms with Crippen LogP contribution in [0.5, 0.6) is 0 Å². The van der Waals surface area contributed by atoms with Crippen molar-refractivity contribution in [3.63, 3.8) is 0 Å². The molecular formula is C19H32O. The maximum Gasteiger partial charge on any atom is 0.0543 e. The van der Waals surface area contributed by atoms with Crippen molar-refractivity contribution in [2.24, 2.45) is 34.5 Å². The van der Waals surface area contributed by atoms with Gasteiger partial charge in [0.2, 0.25) is 0 Å². The lowest BCUT2D eigenvalue weighted by molar-refractivity contribution is -0.120. The van der Waals surface area contributed by atoms with Crippen molar-refractivity contribution < 1.29 is 5.11 Å². The summed E-state index contributed by atoms with van der Waals surface area (Å²) < 4.78 is 0. The maximum absolute atomic E-state index is 10.0. The third kappa shape index (κ3) is 1.77. The second kappa shape index (κ2) is 4.48. The van der Waals surface area contributed by atoms with Gasteiger partial charge in [-0.05, 0) is 92.3 Å². The molecule has 4 aliphatic rings. The molecule has 0 heterocycles. The number of hydrogen-bond acceptors (Lipinski definition) is 1. The molecule has 1 heteroatoms. The SMILES string of the molecule is C[C@@]12CCC[C@H]1[C@@H]1CC[C@@H]3CC(O)CC[C@]3(C)[C@H]1CC2. The van der Waals surface area contributed by atoms with Crippen LogP contribution in [0.4, 0.5) is 0 Å². The van der Waals surface area contributed by atoms with Gasteiger partial charge in [0.25, 0.3) is 0 Å². The van der Waals surface area contributed by atoms with Crippen molar-refractivity contribution >= 4 is 0 Å². The highest BCUT2D eigenvalue weighted by atomic mass is 16.3. The Morgan fingerprint density at radius 1 is 0.850 bits per heavy atom. The number of aliphatic hydroxyl groups is 1. The second-order valence-electron chi connectivity index (χ2n) is 9.17. The molecule has 4 fully saturated rings. The molecule has 0 radical (unpaired) electrons. The van der Waals surface area contributed by atoms with Crippen LogP contribution in [-0.4, -0.2) is 11.2 Å². The summed E-state index contributed by atoms with van der Waals surface area (Å²) in [7, 11) is 0. The molecule has 4 rings (SSSR count). The van der Waals surface area contributed by atoms with Gasteiger partial charge in [0.05, 0.1) is 6.10 Å². The van der Waals surface area contributed by atoms with Crippen molar-refractivity contribution in [3.05, 3.63) is 0 Å². The van der Waals surface area contributed by atoms with Gasteiger partial charge >= 0.3 is 0 Å². The van der Waals surface area contributed by atoms with E-state index in [1.54, 1.807) is 0 Å². The molecule has 0 saturated heterocycles. The number of rotatable bonds is 0. The minimum Gasteiger partial charge on any atom is -0.393 e. The standard InChI is InChI=1S/C19H32O/c1-18-9-3-4-16(18)15-6-5-13-12-14(20)7-11-19(13,2)17(15)8-10-18/h13-17,20H,3-12H2,1-2H3/t13-,14?,15+,16+,17+,18+,19+/m1/s1. The quantitative estimate of drug-likeness (QED) is 0.675. The Balaban J connectivity index is 1.62. The minimum absolute atomic E-state index is 0.00459. The lowest BCUT2D eigenvalue weighted by atomic mass is 9.45. The molecule has 4 aliphatic carbocycles. The minimum atomic E-state index is 0.00459. The molecule has 0 aromatic carbocycles. The molecule has 1 N–H and O–H groups in total. The van der Waals surface area contributed by atoms with E-state index in [1.807, 2.05) is 0 Å². The first-order valence-electron chi connectivity index (χ1n) is 9.21. The molecule has 7 atom stereocenters. The van der Waals surface area contributed by atoms with Gasteiger partial charge in [0, 0.05) is 0 Å². The van der Waals surface area contributed by atoms with Crippen molar-refractivity contribution in [1.82, 2.24) is 0 Å². The van der Waals surface area contributed by atoms with Crippen LogP contribution in [0.2, 0.25) is 0 Å². The first-order valence-corrected chi connectivity index (χ1v) is 9.21. The summed E-state index contributed by atoms with van der Waals surface area (Å²) in [5, 5.41) is 10.0. The fourth-order valence-electron chi connectivity index (χ4n) is 7.23. The average molecular weight is 276 g/mol. The van der Waals surface area contributed by atoms with E-state index in [0.29, 0.717) is 10.8 Å². The van der Waals surface area contributed by atoms with Gasteiger partial charge in [-0.2, -0.15) is 0 Å². The molecule has 0 bridgehead atoms. The highest BCUT2D eigenvalue weighted by Gasteiger charge is 2.57. The lowest BCUT2D eigenvalue weighted by Crippen LogP contribution is -2.53. The Morgan fingerprint density at radius 3 is 2.55 bits per heavy atom. The highest BCUT2D eigenvalue weighted by molar-refractivity contribution is 5.07. The van der Waals surface area contributed by atoms with E-state index in [4.69, 9.17) is 0 Å². The van der Waals surface area contributed by atoms with Gasteiger partial charge in [-0.1, -0.05) is 20.3 Å². The Hall–Kier alpha value is -0.0400. The van der Waals surface area contributed by atoms with Crippen molar-refractivity contribution in [1.29, 1.82) is 0 Å². The Labute approximate surface area is 124 Å². The van der Waals surface area contributed by atoms with Crippen LogP contribution in [0.3, 0.4) is 0 Å². The predicted octanol–water partition coefficient (Wildman–Crippen LogP) is 4.78. The van der Waals surface area contributed by atoms with E-state index in [2.05, 4.69) is 13.8 Å². The second-order valence-corrected chi connectivity index (χ2v) is 9.17. The molecule has 0 aliphatic heterocycles. The lowest BCUT2D eigenvalue weighted by Gasteiger charge is -2.60. The van der Waals surface area contributed by atoms with Gasteiger partial charge in [0.1, 0.15) is 0 Å². The van der Waals surface area contributed by atoms with Gasteiger partial charge in [0.15, 0.2) is 0 Å². The molecule has 0 aromatic heterocycles. The molecule has 0 amide bonds. The van der Waals surface area contributed by atoms with Gasteiger partial charge in [-0.3, -0.25) is 0 Å². The third-order valence-electron chi connectivity index (χ3n) is 8.42. The largest absolute Gasteiger partial charge is 0.393 e. The van der Waals surface area contributed by atoms with Crippen LogP contribution in [0.25, 0.3) is 0 Å². The number of fused-ring (bicyclic) bond motifs is 5. The molecule has 0 spiro atoms. The summed E-state index contributed by atoms with van der Waals surface area (Å²) in [5.74, 6) is 3.85. The molecular weight excluding hydrogens is 244 g/mol. The van der Waals surface area contributed by atoms with Crippen molar-refractivity contribution in [2.75, 3.05) is 0 Å². The Kier molecular flexibility index (Phi) is 3.05. The van der Waals surface area contributed by atoms with E-state index in [9.17, 15) is 5.11 Å². The molecule has 1 unspecified atom stereocenters. The maximum atomic E-state index is 10.0. The van der Waals surface area contributed by atoms with E-state index in [1.165, 1.54) is 51.4 Å². The number of hydrogen-bond donors (Lipinski definition) is 1. The smallest absolute Gasteiger partial charge is 0.0543 e. The van der Waals surface area contributed by atoms with Crippen molar-refractivity contribution in [3.8, 4) is 0 Å². The summed E-state index contributed by atoms with van der Waals surface area (Å²) >= 11 is 0. The molecule has 1 nitrogen and oxygen atoms in total. The van der Waals surface area contributed by atoms with Gasteiger partial charge in [-0.25, -0.2) is 0 Å². The summed E-state index contributed by atoms with van der Waals surface area (Å²) in [6.07, 6.45) is 13.8. The average Bonchev–Trinajstić information content (AvgIpc) is 2.81. The van der Waals surface area contributed by atoms with Crippen LogP contribution in [0.1, 0.15) is 78.1 Å². The van der Waals surface area contributed by atoms with Crippen LogP contribution >= 0.6 is 0 Å². The number of aliphatic hydroxyl groups excluding tert-OH is 1. The van der Waals surface area contributed by atoms with E-state index in [-0.39, 0.29) is 6.10 Å². The van der Waals surface area contributed by atoms with E-state index in [0.717, 1.165) is 36.5 Å². The summed E-state index contributed by atoms with van der Waals surface area (Å²) in [5.41, 5.74) is 1.25. The zero-order valence-corrected chi connectivity index (χ0v) is 13.4. The van der Waals surface area contributed by atoms with E-state index < -0.39 is 0 Å². The predicted molar refractivity (Wildman–Crippen MR) is 82.4 cm³/mol. The summed E-state index contributed by atoms with van der Waals surface area (Å²) in [6.45, 7) is 5.19. The van der Waals surface area contributed by atoms with Gasteiger partial charge < -0.3 is 5.11 Å². The van der Waals surface area contributed by atoms with E-state index >= 15 is 0 Å². The molecule has 114 valence electrons. The molecule has 4 saturated carbocycles. The van der Waals surface area contributed by atoms with Crippen LogP contribution < -0.4 is 0 Å². The van der Waals surface area contributed by atoms with Crippen molar-refractivity contribution in [2.45, 2.75) is 84.2 Å². The van der Waals surface area contributed by atoms with Crippen LogP contribution in [-0.2, 0) is 0 Å². The topological polar surface area (TPSA) is 20.2 Å². The first kappa shape index (κ1) is 13.6. The Morgan fingerprint density at radius 2 is 1.70 bits per heavy atom. The molecule has 0 aromatic rings. The van der Waals surface area contributed by atoms with Crippen LogP contribution in [0.15, 0.2) is 0 Å². The zero-order valence-electron chi connectivity index (χ0n) is 13.4. The summed E-state index contributed by atoms with van der Waals surface area (Å²) in [4.78, 5) is 0. The monoisotopic (exact) mass is 276 g/mol. The first-order chi connectivity index (χ1) is 9.53. The van der Waals surface area contributed by atoms with Gasteiger partial charge in [-0.15, -0.1) is 0 Å². The third-order valence-corrected chi connectivity index (χ3v) is 8.42. The molecule has 20 heavy (non-hydrogen) atoms. The fraction of sp³-hybridized carbons (Fsp3) is 1.00. The Bertz CT molecular complexity index is 391.